The molecule has 0 aliphatic rings. The van der Waals surface area contributed by atoms with Crippen LogP contribution in [-0.4, -0.2) is 23.9 Å². The Morgan fingerprint density at radius 2 is 0.600 bits per heavy atom. The molecule has 0 aromatic rings. The summed E-state index contributed by atoms with van der Waals surface area (Å²) < 4.78 is 0. The van der Waals surface area contributed by atoms with Gasteiger partial charge in [-0.15, -0.1) is 54.2 Å². The first-order chi connectivity index (χ1) is 0. The van der Waals surface area contributed by atoms with Crippen molar-refractivity contribution in [3.63, 3.8) is 0 Å². The van der Waals surface area contributed by atoms with Gasteiger partial charge in [-0.25, -0.2) is 0 Å². The van der Waals surface area contributed by atoms with E-state index in [0.29, 0.717) is 0 Å². The summed E-state index contributed by atoms with van der Waals surface area (Å²) in [6, 6.07) is 0. The maximum absolute atomic E-state index is 0. The predicted molar refractivity (Wildman–Crippen MR) is 40.6 cm³/mol. The van der Waals surface area contributed by atoms with Crippen LogP contribution in [0.4, 0.5) is 0 Å². The molecule has 0 amide bonds. The van der Waals surface area contributed by atoms with Crippen LogP contribution in [0.25, 0.3) is 0 Å². The van der Waals surface area contributed by atoms with Crippen molar-refractivity contribution in [3.05, 3.63) is 0 Å². The molecule has 5 heteroatoms. The van der Waals surface area contributed by atoms with Gasteiger partial charge >= 0.3 is 23.9 Å². The molecule has 0 N–H and O–H groups in total. The summed E-state index contributed by atoms with van der Waals surface area (Å²) in [5.74, 6) is 0. The zero-order valence-electron chi connectivity index (χ0n) is 2.34. The Balaban J connectivity index is 0. The van der Waals surface area contributed by atoms with E-state index in [-0.39, 0.29) is 78.1 Å². The van der Waals surface area contributed by atoms with Gasteiger partial charge in [0, 0.05) is 0 Å². The molecule has 0 saturated carbocycles. The van der Waals surface area contributed by atoms with Gasteiger partial charge in [0.1, 0.15) is 0 Å². The molecule has 5 heavy (non-hydrogen) atoms. The second-order valence-electron chi connectivity index (χ2n) is 0. The molecule has 0 atom stereocenters. The number of halogens is 4. The SMILES string of the molecule is Br.Cl.Cl.Cl.[SnH2]. The van der Waals surface area contributed by atoms with Gasteiger partial charge in [0.25, 0.3) is 0 Å². The molecule has 0 aliphatic carbocycles. The van der Waals surface area contributed by atoms with Gasteiger partial charge < -0.3 is 0 Å². The van der Waals surface area contributed by atoms with Gasteiger partial charge in [0.15, 0.2) is 0 Å². The van der Waals surface area contributed by atoms with E-state index in [1.54, 1.807) is 0 Å². The molecular formula is H6BrCl3Sn. The third kappa shape index (κ3) is 22.9. The van der Waals surface area contributed by atoms with Gasteiger partial charge in [0.2, 0.25) is 0 Å². The van der Waals surface area contributed by atoms with E-state index in [2.05, 4.69) is 0 Å². The Kier molecular flexibility index (Phi) is 413. The van der Waals surface area contributed by atoms with Crippen LogP contribution in [-0.2, 0) is 0 Å². The fourth-order valence-electron chi connectivity index (χ4n) is 0. The van der Waals surface area contributed by atoms with E-state index in [1.807, 2.05) is 0 Å². The van der Waals surface area contributed by atoms with Crippen LogP contribution < -0.4 is 0 Å². The summed E-state index contributed by atoms with van der Waals surface area (Å²) in [5.41, 5.74) is 0. The average molecular weight is 311 g/mol. The van der Waals surface area contributed by atoms with E-state index >= 15 is 0 Å². The fraction of sp³-hybridized carbons (Fsp3) is 0. The third-order valence-corrected chi connectivity index (χ3v) is 0. The zero-order valence-corrected chi connectivity index (χ0v) is 10.5. The van der Waals surface area contributed by atoms with Crippen molar-refractivity contribution in [1.82, 2.24) is 0 Å². The average Bonchev–Trinajstić information content (AvgIpc) is 0. The van der Waals surface area contributed by atoms with Crippen LogP contribution in [0, 0.1) is 0 Å². The van der Waals surface area contributed by atoms with Crippen LogP contribution >= 0.6 is 54.2 Å². The van der Waals surface area contributed by atoms with Crippen molar-refractivity contribution in [2.24, 2.45) is 0 Å². The van der Waals surface area contributed by atoms with E-state index in [0.717, 1.165) is 0 Å². The normalized spacial score (nSPS) is 0. The Bertz CT molecular complexity index is 6.85. The van der Waals surface area contributed by atoms with Crippen LogP contribution in [0.15, 0.2) is 0 Å². The summed E-state index contributed by atoms with van der Waals surface area (Å²) in [4.78, 5) is 0. The van der Waals surface area contributed by atoms with Crippen molar-refractivity contribution < 1.29 is 0 Å². The third-order valence-electron chi connectivity index (χ3n) is 0. The molecule has 38 valence electrons. The molecule has 0 heterocycles. The van der Waals surface area contributed by atoms with Crippen molar-refractivity contribution in [2.45, 2.75) is 0 Å². The molecule has 0 unspecified atom stereocenters. The van der Waals surface area contributed by atoms with Crippen LogP contribution in [0.1, 0.15) is 0 Å². The molecule has 0 aromatic carbocycles. The molecule has 0 rings (SSSR count). The van der Waals surface area contributed by atoms with Crippen molar-refractivity contribution in [2.75, 3.05) is 0 Å². The Morgan fingerprint density at radius 3 is 0.600 bits per heavy atom. The molecular weight excluding hydrogens is 305 g/mol. The minimum absolute atomic E-state index is 0. The first kappa shape index (κ1) is 58.5. The minimum atomic E-state index is 0. The Hall–Kier alpha value is 2.15. The number of hydrogen-bond donors (Lipinski definition) is 0. The van der Waals surface area contributed by atoms with Gasteiger partial charge in [-0.2, -0.15) is 0 Å². The summed E-state index contributed by atoms with van der Waals surface area (Å²) in [6.45, 7) is 0. The van der Waals surface area contributed by atoms with Crippen LogP contribution in [0.5, 0.6) is 0 Å². The van der Waals surface area contributed by atoms with Crippen molar-refractivity contribution >= 4 is 78.1 Å². The fourth-order valence-corrected chi connectivity index (χ4v) is 0. The molecule has 0 aromatic heterocycles. The van der Waals surface area contributed by atoms with E-state index in [4.69, 9.17) is 0 Å². The van der Waals surface area contributed by atoms with Crippen LogP contribution in [0.2, 0.25) is 0 Å². The summed E-state index contributed by atoms with van der Waals surface area (Å²) >= 11 is 0. The first-order valence-corrected chi connectivity index (χ1v) is 0. The number of hydrogen-bond acceptors (Lipinski definition) is 0. The molecule has 0 nitrogen and oxygen atoms in total. The summed E-state index contributed by atoms with van der Waals surface area (Å²) in [6.07, 6.45) is 0. The first-order valence-electron chi connectivity index (χ1n) is 0. The summed E-state index contributed by atoms with van der Waals surface area (Å²) in [7, 11) is 0. The second kappa shape index (κ2) is 35.3. The van der Waals surface area contributed by atoms with E-state index < -0.39 is 0 Å². The summed E-state index contributed by atoms with van der Waals surface area (Å²) in [5, 5.41) is 0. The molecule has 0 fully saturated rings. The zero-order chi connectivity index (χ0) is 0. The van der Waals surface area contributed by atoms with Crippen molar-refractivity contribution in [1.29, 1.82) is 0 Å². The topological polar surface area (TPSA) is 0 Å². The second-order valence-corrected chi connectivity index (χ2v) is 0. The monoisotopic (exact) mass is 310 g/mol. The van der Waals surface area contributed by atoms with Gasteiger partial charge in [-0.1, -0.05) is 0 Å². The Labute approximate surface area is 77.4 Å². The van der Waals surface area contributed by atoms with Gasteiger partial charge in [-0.3, -0.25) is 0 Å². The molecule has 0 spiro atoms. The van der Waals surface area contributed by atoms with Crippen LogP contribution in [0.3, 0.4) is 0 Å². The van der Waals surface area contributed by atoms with Gasteiger partial charge in [0.05, 0.1) is 0 Å². The standard InChI is InChI=1S/BrH.3ClH.Sn.2H/h4*1H;;;. The molecule has 0 bridgehead atoms. The van der Waals surface area contributed by atoms with E-state index in [9.17, 15) is 0 Å². The quantitative estimate of drug-likeness (QED) is 0.584. The molecule has 2 radical (unpaired) electrons. The van der Waals surface area contributed by atoms with Crippen molar-refractivity contribution in [3.8, 4) is 0 Å². The Morgan fingerprint density at radius 1 is 0.600 bits per heavy atom. The van der Waals surface area contributed by atoms with E-state index in [1.165, 1.54) is 0 Å². The maximum atomic E-state index is 0. The van der Waals surface area contributed by atoms with Gasteiger partial charge in [-0.05, 0) is 0 Å². The number of rotatable bonds is 0. The predicted octanol–water partition coefficient (Wildman–Crippen LogP) is 0.927. The molecule has 0 saturated heterocycles. The molecule has 0 aliphatic heterocycles.